The molecule has 3 aromatic heterocycles. The van der Waals surface area contributed by atoms with Gasteiger partial charge < -0.3 is 9.64 Å². The van der Waals surface area contributed by atoms with Gasteiger partial charge in [-0.15, -0.1) is 11.3 Å². The lowest BCUT2D eigenvalue weighted by Gasteiger charge is -2.23. The molecule has 0 radical (unpaired) electrons. The number of para-hydroxylation sites is 1. The van der Waals surface area contributed by atoms with Crippen LogP contribution in [0, 0.1) is 0 Å². The van der Waals surface area contributed by atoms with E-state index in [2.05, 4.69) is 15.1 Å². The summed E-state index contributed by atoms with van der Waals surface area (Å²) in [4.78, 5) is 24.5. The van der Waals surface area contributed by atoms with Crippen LogP contribution in [-0.2, 0) is 13.1 Å². The zero-order chi connectivity index (χ0) is 20.1. The van der Waals surface area contributed by atoms with E-state index in [9.17, 15) is 4.79 Å². The Hall–Kier alpha value is -3.52. The van der Waals surface area contributed by atoms with Crippen molar-refractivity contribution in [1.29, 1.82) is 0 Å². The summed E-state index contributed by atoms with van der Waals surface area (Å²) in [5, 5.41) is 6.07. The molecule has 29 heavy (non-hydrogen) atoms. The van der Waals surface area contributed by atoms with E-state index in [1.807, 2.05) is 41.8 Å². The molecule has 0 atom stereocenters. The third-order valence-electron chi connectivity index (χ3n) is 4.42. The summed E-state index contributed by atoms with van der Waals surface area (Å²) in [5.41, 5.74) is 1.47. The Morgan fingerprint density at radius 2 is 2.03 bits per heavy atom. The second-order valence-electron chi connectivity index (χ2n) is 6.30. The molecule has 1 aromatic carbocycles. The highest BCUT2D eigenvalue weighted by atomic mass is 32.1. The van der Waals surface area contributed by atoms with Crippen LogP contribution in [-0.4, -0.2) is 37.7 Å². The van der Waals surface area contributed by atoms with Crippen LogP contribution in [0.3, 0.4) is 0 Å². The molecule has 146 valence electrons. The molecule has 0 aliphatic heterocycles. The summed E-state index contributed by atoms with van der Waals surface area (Å²) in [6, 6.07) is 15.3. The highest BCUT2D eigenvalue weighted by Gasteiger charge is 2.19. The van der Waals surface area contributed by atoms with Gasteiger partial charge in [0.2, 0.25) is 0 Å². The number of hydrogen-bond acceptors (Lipinski definition) is 6. The summed E-state index contributed by atoms with van der Waals surface area (Å²) < 4.78 is 7.01. The summed E-state index contributed by atoms with van der Waals surface area (Å²) >= 11 is 1.63. The molecule has 0 saturated carbocycles. The van der Waals surface area contributed by atoms with Gasteiger partial charge >= 0.3 is 0 Å². The molecule has 0 unspecified atom stereocenters. The van der Waals surface area contributed by atoms with Crippen LogP contribution >= 0.6 is 11.3 Å². The van der Waals surface area contributed by atoms with Gasteiger partial charge in [-0.3, -0.25) is 4.79 Å². The van der Waals surface area contributed by atoms with E-state index >= 15 is 0 Å². The average molecular weight is 405 g/mol. The number of ether oxygens (including phenoxy) is 1. The predicted octanol–water partition coefficient (Wildman–Crippen LogP) is 3.58. The Labute approximate surface area is 172 Å². The number of methoxy groups -OCH3 is 1. The van der Waals surface area contributed by atoms with E-state index in [1.54, 1.807) is 52.7 Å². The van der Waals surface area contributed by atoms with Crippen molar-refractivity contribution in [3.05, 3.63) is 88.8 Å². The standard InChI is InChI=1S/C21H19N5O2S/c1-28-19-7-3-2-5-17(19)12-25(13-18-6-4-10-29-18)21(27)16-8-9-20(23-11-16)26-15-22-14-24-26/h2-11,14-15H,12-13H2,1H3. The van der Waals surface area contributed by atoms with Gasteiger partial charge in [0.1, 0.15) is 18.4 Å². The smallest absolute Gasteiger partial charge is 0.256 e. The van der Waals surface area contributed by atoms with Crippen LogP contribution < -0.4 is 4.74 Å². The van der Waals surface area contributed by atoms with Crippen molar-refractivity contribution in [2.24, 2.45) is 0 Å². The van der Waals surface area contributed by atoms with Crippen molar-refractivity contribution >= 4 is 17.2 Å². The van der Waals surface area contributed by atoms with Gasteiger partial charge in [-0.1, -0.05) is 24.3 Å². The van der Waals surface area contributed by atoms with Crippen LogP contribution in [0.4, 0.5) is 0 Å². The lowest BCUT2D eigenvalue weighted by Crippen LogP contribution is -2.30. The minimum atomic E-state index is -0.0954. The van der Waals surface area contributed by atoms with E-state index < -0.39 is 0 Å². The number of benzene rings is 1. The largest absolute Gasteiger partial charge is 0.496 e. The number of pyridine rings is 1. The fraction of sp³-hybridized carbons (Fsp3) is 0.143. The number of rotatable bonds is 7. The summed E-state index contributed by atoms with van der Waals surface area (Å²) in [6.45, 7) is 0.949. The lowest BCUT2D eigenvalue weighted by molar-refractivity contribution is 0.0730. The number of nitrogens with zero attached hydrogens (tertiary/aromatic N) is 5. The van der Waals surface area contributed by atoms with Gasteiger partial charge in [0, 0.05) is 16.6 Å². The van der Waals surface area contributed by atoms with E-state index in [4.69, 9.17) is 4.74 Å². The van der Waals surface area contributed by atoms with Crippen LogP contribution in [0.2, 0.25) is 0 Å². The van der Waals surface area contributed by atoms with Crippen LogP contribution in [0.25, 0.3) is 5.82 Å². The number of amides is 1. The summed E-state index contributed by atoms with van der Waals surface area (Å²) in [7, 11) is 1.64. The quantitative estimate of drug-likeness (QED) is 0.470. The van der Waals surface area contributed by atoms with Gasteiger partial charge in [0.05, 0.1) is 25.8 Å². The molecule has 0 aliphatic carbocycles. The van der Waals surface area contributed by atoms with Gasteiger partial charge in [-0.25, -0.2) is 14.6 Å². The van der Waals surface area contributed by atoms with Gasteiger partial charge in [0.25, 0.3) is 5.91 Å². The highest BCUT2D eigenvalue weighted by Crippen LogP contribution is 2.23. The predicted molar refractivity (Wildman–Crippen MR) is 110 cm³/mol. The first-order valence-electron chi connectivity index (χ1n) is 8.99. The Kier molecular flexibility index (Phi) is 5.62. The fourth-order valence-electron chi connectivity index (χ4n) is 2.99. The monoisotopic (exact) mass is 405 g/mol. The van der Waals surface area contributed by atoms with Crippen molar-refractivity contribution in [3.63, 3.8) is 0 Å². The third-order valence-corrected chi connectivity index (χ3v) is 5.28. The van der Waals surface area contributed by atoms with Crippen molar-refractivity contribution in [3.8, 4) is 11.6 Å². The average Bonchev–Trinajstić information content (AvgIpc) is 3.48. The molecule has 4 rings (SSSR count). The highest BCUT2D eigenvalue weighted by molar-refractivity contribution is 7.09. The SMILES string of the molecule is COc1ccccc1CN(Cc1cccs1)C(=O)c1ccc(-n2cncn2)nc1. The molecule has 0 N–H and O–H groups in total. The minimum Gasteiger partial charge on any atom is -0.496 e. The maximum Gasteiger partial charge on any atom is 0.256 e. The van der Waals surface area contributed by atoms with Crippen LogP contribution in [0.15, 0.2) is 72.8 Å². The second kappa shape index (κ2) is 8.66. The minimum absolute atomic E-state index is 0.0954. The van der Waals surface area contributed by atoms with Crippen LogP contribution in [0.1, 0.15) is 20.8 Å². The number of carbonyl (C=O) groups excluding carboxylic acids is 1. The molecule has 0 spiro atoms. The van der Waals surface area contributed by atoms with Gasteiger partial charge in [0.15, 0.2) is 5.82 Å². The number of thiophene rings is 1. The second-order valence-corrected chi connectivity index (χ2v) is 7.33. The molecule has 7 nitrogen and oxygen atoms in total. The fourth-order valence-corrected chi connectivity index (χ4v) is 3.71. The topological polar surface area (TPSA) is 73.1 Å². The Bertz CT molecular complexity index is 1060. The number of aromatic nitrogens is 4. The number of carbonyl (C=O) groups is 1. The van der Waals surface area contributed by atoms with Crippen molar-refractivity contribution < 1.29 is 9.53 Å². The molecule has 1 amide bonds. The van der Waals surface area contributed by atoms with Crippen molar-refractivity contribution in [2.75, 3.05) is 7.11 Å². The van der Waals surface area contributed by atoms with E-state index in [-0.39, 0.29) is 5.91 Å². The Balaban J connectivity index is 1.60. The number of hydrogen-bond donors (Lipinski definition) is 0. The first-order valence-corrected chi connectivity index (χ1v) is 9.87. The van der Waals surface area contributed by atoms with E-state index in [0.29, 0.717) is 24.5 Å². The molecule has 8 heteroatoms. The maximum absolute atomic E-state index is 13.3. The molecular formula is C21H19N5O2S. The molecule has 3 heterocycles. The molecule has 0 aliphatic rings. The maximum atomic E-state index is 13.3. The zero-order valence-electron chi connectivity index (χ0n) is 15.8. The first kappa shape index (κ1) is 18.8. The molecule has 4 aromatic rings. The summed E-state index contributed by atoms with van der Waals surface area (Å²) in [5.74, 6) is 1.27. The molecule has 0 saturated heterocycles. The molecule has 0 fully saturated rings. The molecular weight excluding hydrogens is 386 g/mol. The van der Waals surface area contributed by atoms with Crippen molar-refractivity contribution in [1.82, 2.24) is 24.6 Å². The van der Waals surface area contributed by atoms with E-state index in [0.717, 1.165) is 16.2 Å². The summed E-state index contributed by atoms with van der Waals surface area (Å²) in [6.07, 6.45) is 4.58. The van der Waals surface area contributed by atoms with Gasteiger partial charge in [-0.2, -0.15) is 5.10 Å². The van der Waals surface area contributed by atoms with Gasteiger partial charge in [-0.05, 0) is 29.6 Å². The molecule has 0 bridgehead atoms. The zero-order valence-corrected chi connectivity index (χ0v) is 16.6. The van der Waals surface area contributed by atoms with E-state index in [1.165, 1.54) is 6.33 Å². The van der Waals surface area contributed by atoms with Crippen LogP contribution in [0.5, 0.6) is 5.75 Å². The van der Waals surface area contributed by atoms with Crippen molar-refractivity contribution in [2.45, 2.75) is 13.1 Å². The first-order chi connectivity index (χ1) is 14.2. The Morgan fingerprint density at radius 3 is 2.72 bits per heavy atom. The Morgan fingerprint density at radius 1 is 1.14 bits per heavy atom. The lowest BCUT2D eigenvalue weighted by atomic mass is 10.1. The normalized spacial score (nSPS) is 10.7. The third kappa shape index (κ3) is 4.33.